The number of nitrogens with one attached hydrogen (secondary N) is 2. The third-order valence-corrected chi connectivity index (χ3v) is 2.40. The largest absolute Gasteiger partial charge is 0.384 e. The van der Waals surface area contributed by atoms with Crippen LogP contribution >= 0.6 is 0 Å². The number of rotatable bonds is 4. The molecule has 0 saturated heterocycles. The second-order valence-corrected chi connectivity index (χ2v) is 3.51. The van der Waals surface area contributed by atoms with Crippen LogP contribution in [0.3, 0.4) is 0 Å². The van der Waals surface area contributed by atoms with Crippen LogP contribution in [0.2, 0.25) is 0 Å². The van der Waals surface area contributed by atoms with Crippen molar-refractivity contribution in [2.75, 3.05) is 12.8 Å². The summed E-state index contributed by atoms with van der Waals surface area (Å²) >= 11 is 0. The zero-order valence-corrected chi connectivity index (χ0v) is 9.01. The number of aromatic amines is 1. The molecular formula is C10H14N6. The van der Waals surface area contributed by atoms with Crippen LogP contribution in [-0.2, 0) is 6.42 Å². The molecule has 2 rings (SSSR count). The number of nitrogen functional groups attached to an aromatic ring is 1. The quantitative estimate of drug-likeness (QED) is 0.685. The molecular weight excluding hydrogens is 204 g/mol. The van der Waals surface area contributed by atoms with E-state index in [1.54, 1.807) is 6.20 Å². The summed E-state index contributed by atoms with van der Waals surface area (Å²) < 4.78 is 0. The number of nitrogens with zero attached hydrogens (tertiary/aromatic N) is 3. The highest BCUT2D eigenvalue weighted by molar-refractivity contribution is 5.32. The highest BCUT2D eigenvalue weighted by atomic mass is 15.2. The van der Waals surface area contributed by atoms with Crippen molar-refractivity contribution < 1.29 is 0 Å². The summed E-state index contributed by atoms with van der Waals surface area (Å²) in [6, 6.07) is 3.90. The number of likely N-dealkylation sites (N-methyl/N-ethyl adjacent to an activating group) is 1. The number of aromatic nitrogens is 4. The van der Waals surface area contributed by atoms with Gasteiger partial charge in [-0.3, -0.25) is 5.10 Å². The van der Waals surface area contributed by atoms with Crippen LogP contribution in [0, 0.1) is 0 Å². The van der Waals surface area contributed by atoms with Crippen LogP contribution in [0.4, 0.5) is 5.82 Å². The molecule has 1 atom stereocenters. The Morgan fingerprint density at radius 3 is 3.00 bits per heavy atom. The molecule has 6 heteroatoms. The van der Waals surface area contributed by atoms with Crippen LogP contribution in [-0.4, -0.2) is 27.2 Å². The average molecular weight is 218 g/mol. The lowest BCUT2D eigenvalue weighted by Gasteiger charge is -2.13. The Balaban J connectivity index is 2.13. The summed E-state index contributed by atoms with van der Waals surface area (Å²) in [6.45, 7) is 0. The second-order valence-electron chi connectivity index (χ2n) is 3.51. The molecule has 2 aromatic heterocycles. The van der Waals surface area contributed by atoms with Crippen LogP contribution in [0.1, 0.15) is 17.4 Å². The van der Waals surface area contributed by atoms with Crippen molar-refractivity contribution in [3.63, 3.8) is 0 Å². The lowest BCUT2D eigenvalue weighted by Crippen LogP contribution is -2.20. The van der Waals surface area contributed by atoms with E-state index in [4.69, 9.17) is 5.73 Å². The lowest BCUT2D eigenvalue weighted by molar-refractivity contribution is 0.559. The molecule has 0 radical (unpaired) electrons. The maximum Gasteiger partial charge on any atom is 0.141 e. The normalized spacial score (nSPS) is 12.6. The summed E-state index contributed by atoms with van der Waals surface area (Å²) in [7, 11) is 1.89. The minimum absolute atomic E-state index is 0.101. The van der Waals surface area contributed by atoms with Gasteiger partial charge in [-0.25, -0.2) is 9.97 Å². The van der Waals surface area contributed by atoms with Gasteiger partial charge in [0.25, 0.3) is 0 Å². The van der Waals surface area contributed by atoms with E-state index in [9.17, 15) is 0 Å². The van der Waals surface area contributed by atoms with Gasteiger partial charge in [0.2, 0.25) is 0 Å². The summed E-state index contributed by atoms with van der Waals surface area (Å²) in [5.74, 6) is 1.35. The fourth-order valence-corrected chi connectivity index (χ4v) is 1.58. The molecule has 2 heterocycles. The Hall–Kier alpha value is -1.95. The highest BCUT2D eigenvalue weighted by Gasteiger charge is 2.12. The smallest absolute Gasteiger partial charge is 0.141 e. The Morgan fingerprint density at radius 2 is 2.38 bits per heavy atom. The topological polar surface area (TPSA) is 92.5 Å². The van der Waals surface area contributed by atoms with Gasteiger partial charge in [0.15, 0.2) is 0 Å². The number of nitrogens with two attached hydrogens (primary N) is 1. The number of pyridine rings is 1. The Bertz CT molecular complexity index is 438. The summed E-state index contributed by atoms with van der Waals surface area (Å²) in [5, 5.41) is 9.87. The van der Waals surface area contributed by atoms with Crippen molar-refractivity contribution in [2.45, 2.75) is 12.5 Å². The summed E-state index contributed by atoms with van der Waals surface area (Å²) in [4.78, 5) is 8.09. The van der Waals surface area contributed by atoms with E-state index in [1.165, 1.54) is 6.33 Å². The van der Waals surface area contributed by atoms with Crippen LogP contribution < -0.4 is 11.1 Å². The predicted molar refractivity (Wildman–Crippen MR) is 60.5 cm³/mol. The molecule has 0 amide bonds. The molecule has 0 spiro atoms. The molecule has 0 aromatic carbocycles. The third-order valence-electron chi connectivity index (χ3n) is 2.40. The average Bonchev–Trinajstić information content (AvgIpc) is 2.79. The fraction of sp³-hybridized carbons (Fsp3) is 0.300. The standard InChI is InChI=1S/C10H14N6/c1-12-8(10-14-6-15-16-10)4-7-2-3-13-9(11)5-7/h2-3,5-6,8,12H,4H2,1H3,(H2,11,13)(H,14,15,16). The van der Waals surface area contributed by atoms with Crippen LogP contribution in [0.5, 0.6) is 0 Å². The van der Waals surface area contributed by atoms with Crippen molar-refractivity contribution in [3.8, 4) is 0 Å². The minimum atomic E-state index is 0.101. The molecule has 16 heavy (non-hydrogen) atoms. The number of hydrogen-bond acceptors (Lipinski definition) is 5. The molecule has 4 N–H and O–H groups in total. The van der Waals surface area contributed by atoms with Crippen molar-refractivity contribution >= 4 is 5.82 Å². The predicted octanol–water partition coefficient (Wildman–Crippen LogP) is 0.285. The molecule has 6 nitrogen and oxygen atoms in total. The van der Waals surface area contributed by atoms with Gasteiger partial charge in [-0.1, -0.05) is 0 Å². The number of hydrogen-bond donors (Lipinski definition) is 3. The van der Waals surface area contributed by atoms with E-state index >= 15 is 0 Å². The lowest BCUT2D eigenvalue weighted by atomic mass is 10.1. The first kappa shape index (κ1) is 10.6. The van der Waals surface area contributed by atoms with Gasteiger partial charge >= 0.3 is 0 Å². The van der Waals surface area contributed by atoms with E-state index in [-0.39, 0.29) is 6.04 Å². The highest BCUT2D eigenvalue weighted by Crippen LogP contribution is 2.14. The number of H-pyrrole nitrogens is 1. The van der Waals surface area contributed by atoms with E-state index in [1.807, 2.05) is 19.2 Å². The molecule has 0 bridgehead atoms. The molecule has 0 aliphatic heterocycles. The van der Waals surface area contributed by atoms with E-state index < -0.39 is 0 Å². The van der Waals surface area contributed by atoms with Gasteiger partial charge < -0.3 is 11.1 Å². The second kappa shape index (κ2) is 4.71. The molecule has 0 aliphatic rings. The van der Waals surface area contributed by atoms with Crippen molar-refractivity contribution in [2.24, 2.45) is 0 Å². The van der Waals surface area contributed by atoms with Gasteiger partial charge in [-0.2, -0.15) is 5.10 Å². The van der Waals surface area contributed by atoms with Crippen molar-refractivity contribution in [1.82, 2.24) is 25.5 Å². The van der Waals surface area contributed by atoms with Crippen molar-refractivity contribution in [1.29, 1.82) is 0 Å². The van der Waals surface area contributed by atoms with Gasteiger partial charge in [0, 0.05) is 6.20 Å². The molecule has 0 aliphatic carbocycles. The summed E-state index contributed by atoms with van der Waals surface area (Å²) in [6.07, 6.45) is 4.00. The first-order chi connectivity index (χ1) is 7.79. The van der Waals surface area contributed by atoms with E-state index in [2.05, 4.69) is 25.5 Å². The first-order valence-corrected chi connectivity index (χ1v) is 5.02. The van der Waals surface area contributed by atoms with E-state index in [0.717, 1.165) is 17.8 Å². The third kappa shape index (κ3) is 2.34. The Morgan fingerprint density at radius 1 is 1.50 bits per heavy atom. The molecule has 0 saturated carbocycles. The van der Waals surface area contributed by atoms with Gasteiger partial charge in [0.1, 0.15) is 18.0 Å². The van der Waals surface area contributed by atoms with Crippen molar-refractivity contribution in [3.05, 3.63) is 36.0 Å². The van der Waals surface area contributed by atoms with Crippen LogP contribution in [0.15, 0.2) is 24.7 Å². The summed E-state index contributed by atoms with van der Waals surface area (Å²) in [5.41, 5.74) is 6.74. The Labute approximate surface area is 93.3 Å². The number of anilines is 1. The molecule has 0 fully saturated rings. The SMILES string of the molecule is CNC(Cc1ccnc(N)c1)c1ncn[nH]1. The maximum atomic E-state index is 5.63. The zero-order chi connectivity index (χ0) is 11.4. The first-order valence-electron chi connectivity index (χ1n) is 5.02. The minimum Gasteiger partial charge on any atom is -0.384 e. The van der Waals surface area contributed by atoms with Gasteiger partial charge in [0.05, 0.1) is 6.04 Å². The molecule has 1 unspecified atom stereocenters. The van der Waals surface area contributed by atoms with E-state index in [0.29, 0.717) is 5.82 Å². The maximum absolute atomic E-state index is 5.63. The van der Waals surface area contributed by atoms with Crippen LogP contribution in [0.25, 0.3) is 0 Å². The zero-order valence-electron chi connectivity index (χ0n) is 9.01. The van der Waals surface area contributed by atoms with Gasteiger partial charge in [-0.05, 0) is 31.2 Å². The monoisotopic (exact) mass is 218 g/mol. The molecule has 84 valence electrons. The Kier molecular flexibility index (Phi) is 3.11. The molecule has 2 aromatic rings. The fourth-order valence-electron chi connectivity index (χ4n) is 1.58. The van der Waals surface area contributed by atoms with Gasteiger partial charge in [-0.15, -0.1) is 0 Å².